The smallest absolute Gasteiger partial charge is 0.248 e. The Labute approximate surface area is 163 Å². The molecule has 0 fully saturated rings. The zero-order valence-electron chi connectivity index (χ0n) is 15.4. The van der Waals surface area contributed by atoms with E-state index in [0.717, 1.165) is 11.4 Å². The summed E-state index contributed by atoms with van der Waals surface area (Å²) in [5.41, 5.74) is 6.99. The van der Waals surface area contributed by atoms with Crippen LogP contribution in [-0.4, -0.2) is 17.9 Å². The van der Waals surface area contributed by atoms with Gasteiger partial charge in [-0.1, -0.05) is 18.2 Å². The number of benzene rings is 3. The molecule has 0 heterocycles. The Hall–Kier alpha value is -3.80. The molecule has 3 aromatic rings. The standard InChI is InChI=1S/C22H21N3O3/c1-15(22(27)25-18-9-7-16(8-10-18)21(23)26)24-17-11-13-20(14-12-17)28-19-5-3-2-4-6-19/h2-15,24H,1H3,(H2,23,26)(H,25,27)/t15-/m1/s1. The van der Waals surface area contributed by atoms with Crippen LogP contribution in [0.1, 0.15) is 17.3 Å². The fourth-order valence-corrected chi connectivity index (χ4v) is 2.53. The lowest BCUT2D eigenvalue weighted by atomic mass is 10.2. The summed E-state index contributed by atoms with van der Waals surface area (Å²) >= 11 is 0. The number of anilines is 2. The second-order valence-corrected chi connectivity index (χ2v) is 6.24. The molecule has 2 amide bonds. The molecule has 28 heavy (non-hydrogen) atoms. The van der Waals surface area contributed by atoms with Crippen LogP contribution in [0.3, 0.4) is 0 Å². The van der Waals surface area contributed by atoms with Crippen molar-refractivity contribution in [3.63, 3.8) is 0 Å². The summed E-state index contributed by atoms with van der Waals surface area (Å²) in [6, 6.07) is 22.8. The van der Waals surface area contributed by atoms with Crippen molar-refractivity contribution in [1.29, 1.82) is 0 Å². The maximum absolute atomic E-state index is 12.4. The van der Waals surface area contributed by atoms with E-state index in [2.05, 4.69) is 10.6 Å². The van der Waals surface area contributed by atoms with Crippen LogP contribution in [-0.2, 0) is 4.79 Å². The monoisotopic (exact) mass is 375 g/mol. The molecule has 0 bridgehead atoms. The average Bonchev–Trinajstić information content (AvgIpc) is 2.70. The first-order valence-corrected chi connectivity index (χ1v) is 8.81. The van der Waals surface area contributed by atoms with E-state index < -0.39 is 11.9 Å². The molecule has 4 N–H and O–H groups in total. The van der Waals surface area contributed by atoms with Gasteiger partial charge in [0.15, 0.2) is 0 Å². The van der Waals surface area contributed by atoms with Gasteiger partial charge < -0.3 is 21.1 Å². The number of hydrogen-bond donors (Lipinski definition) is 3. The lowest BCUT2D eigenvalue weighted by Crippen LogP contribution is -2.31. The van der Waals surface area contributed by atoms with Crippen LogP contribution in [0.2, 0.25) is 0 Å². The molecule has 142 valence electrons. The number of ether oxygens (including phenoxy) is 1. The summed E-state index contributed by atoms with van der Waals surface area (Å²) in [7, 11) is 0. The van der Waals surface area contributed by atoms with Gasteiger partial charge in [-0.2, -0.15) is 0 Å². The number of para-hydroxylation sites is 1. The van der Waals surface area contributed by atoms with Gasteiger partial charge in [0.1, 0.15) is 17.5 Å². The lowest BCUT2D eigenvalue weighted by molar-refractivity contribution is -0.116. The van der Waals surface area contributed by atoms with Gasteiger partial charge in [0, 0.05) is 16.9 Å². The van der Waals surface area contributed by atoms with Crippen LogP contribution in [0.25, 0.3) is 0 Å². The highest BCUT2D eigenvalue weighted by Crippen LogP contribution is 2.23. The fraction of sp³-hybridized carbons (Fsp3) is 0.0909. The lowest BCUT2D eigenvalue weighted by Gasteiger charge is -2.16. The summed E-state index contributed by atoms with van der Waals surface area (Å²) in [5.74, 6) is 0.769. The van der Waals surface area contributed by atoms with Crippen LogP contribution < -0.4 is 21.1 Å². The SMILES string of the molecule is C[C@@H](Nc1ccc(Oc2ccccc2)cc1)C(=O)Nc1ccc(C(N)=O)cc1. The largest absolute Gasteiger partial charge is 0.457 e. The second-order valence-electron chi connectivity index (χ2n) is 6.24. The molecule has 0 saturated carbocycles. The molecule has 6 heteroatoms. The van der Waals surface area contributed by atoms with Gasteiger partial charge in [-0.05, 0) is 67.6 Å². The van der Waals surface area contributed by atoms with Gasteiger partial charge in [0.05, 0.1) is 0 Å². The summed E-state index contributed by atoms with van der Waals surface area (Å²) in [6.45, 7) is 1.77. The van der Waals surface area contributed by atoms with Gasteiger partial charge in [0.2, 0.25) is 11.8 Å². The first-order valence-electron chi connectivity index (χ1n) is 8.81. The van der Waals surface area contributed by atoms with E-state index in [1.165, 1.54) is 0 Å². The second kappa shape index (κ2) is 8.73. The molecule has 1 atom stereocenters. The van der Waals surface area contributed by atoms with Crippen molar-refractivity contribution in [2.24, 2.45) is 5.73 Å². The third kappa shape index (κ3) is 5.11. The van der Waals surface area contributed by atoms with Gasteiger partial charge in [-0.3, -0.25) is 9.59 Å². The Morgan fingerprint density at radius 3 is 2.00 bits per heavy atom. The van der Waals surface area contributed by atoms with Crippen molar-refractivity contribution in [2.45, 2.75) is 13.0 Å². The highest BCUT2D eigenvalue weighted by molar-refractivity contribution is 5.97. The number of nitrogens with two attached hydrogens (primary N) is 1. The number of nitrogens with one attached hydrogen (secondary N) is 2. The first kappa shape index (κ1) is 19.0. The molecule has 0 aromatic heterocycles. The molecule has 6 nitrogen and oxygen atoms in total. The quantitative estimate of drug-likeness (QED) is 0.581. The predicted molar refractivity (Wildman–Crippen MR) is 110 cm³/mol. The Bertz CT molecular complexity index is 939. The van der Waals surface area contributed by atoms with Crippen LogP contribution >= 0.6 is 0 Å². The average molecular weight is 375 g/mol. The molecule has 0 aliphatic heterocycles. The summed E-state index contributed by atoms with van der Waals surface area (Å²) in [5, 5.41) is 5.93. The normalized spacial score (nSPS) is 11.3. The minimum atomic E-state index is -0.507. The maximum atomic E-state index is 12.4. The number of carbonyl (C=O) groups excluding carboxylic acids is 2. The predicted octanol–water partition coefficient (Wildman–Crippen LogP) is 4.02. The topological polar surface area (TPSA) is 93.4 Å². The van der Waals surface area contributed by atoms with Crippen LogP contribution in [0, 0.1) is 0 Å². The number of hydrogen-bond acceptors (Lipinski definition) is 4. The summed E-state index contributed by atoms with van der Waals surface area (Å²) in [4.78, 5) is 23.4. The number of carbonyl (C=O) groups is 2. The fourth-order valence-electron chi connectivity index (χ4n) is 2.53. The molecule has 0 radical (unpaired) electrons. The minimum Gasteiger partial charge on any atom is -0.457 e. The third-order valence-corrected chi connectivity index (χ3v) is 4.05. The molecule has 0 unspecified atom stereocenters. The molecule has 3 aromatic carbocycles. The van der Waals surface area contributed by atoms with Crippen LogP contribution in [0.15, 0.2) is 78.9 Å². The van der Waals surface area contributed by atoms with E-state index >= 15 is 0 Å². The summed E-state index contributed by atoms with van der Waals surface area (Å²) in [6.07, 6.45) is 0. The molecule has 3 rings (SSSR count). The number of rotatable bonds is 7. The summed E-state index contributed by atoms with van der Waals surface area (Å²) < 4.78 is 5.75. The molecule has 0 aliphatic rings. The van der Waals surface area contributed by atoms with Gasteiger partial charge >= 0.3 is 0 Å². The number of amides is 2. The van der Waals surface area contributed by atoms with Crippen molar-refractivity contribution in [1.82, 2.24) is 0 Å². The first-order chi connectivity index (χ1) is 13.5. The molecule has 0 saturated heterocycles. The highest BCUT2D eigenvalue weighted by atomic mass is 16.5. The number of primary amides is 1. The van der Waals surface area contributed by atoms with Crippen molar-refractivity contribution in [2.75, 3.05) is 10.6 Å². The van der Waals surface area contributed by atoms with Gasteiger partial charge in [0.25, 0.3) is 0 Å². The zero-order chi connectivity index (χ0) is 19.9. The maximum Gasteiger partial charge on any atom is 0.248 e. The van der Waals surface area contributed by atoms with E-state index in [1.54, 1.807) is 31.2 Å². The van der Waals surface area contributed by atoms with Crippen molar-refractivity contribution in [3.05, 3.63) is 84.4 Å². The minimum absolute atomic E-state index is 0.198. The van der Waals surface area contributed by atoms with E-state index in [0.29, 0.717) is 17.0 Å². The van der Waals surface area contributed by atoms with E-state index in [1.807, 2.05) is 54.6 Å². The molecule has 0 aliphatic carbocycles. The van der Waals surface area contributed by atoms with Crippen LogP contribution in [0.5, 0.6) is 11.5 Å². The highest BCUT2D eigenvalue weighted by Gasteiger charge is 2.13. The van der Waals surface area contributed by atoms with E-state index in [-0.39, 0.29) is 5.91 Å². The Balaban J connectivity index is 1.55. The van der Waals surface area contributed by atoms with Crippen molar-refractivity contribution in [3.8, 4) is 11.5 Å². The Kier molecular flexibility index (Phi) is 5.91. The molecular weight excluding hydrogens is 354 g/mol. The van der Waals surface area contributed by atoms with E-state index in [9.17, 15) is 9.59 Å². The Morgan fingerprint density at radius 2 is 1.39 bits per heavy atom. The third-order valence-electron chi connectivity index (χ3n) is 4.05. The van der Waals surface area contributed by atoms with E-state index in [4.69, 9.17) is 10.5 Å². The van der Waals surface area contributed by atoms with Crippen LogP contribution in [0.4, 0.5) is 11.4 Å². The zero-order valence-corrected chi connectivity index (χ0v) is 15.4. The molecule has 0 spiro atoms. The van der Waals surface area contributed by atoms with Gasteiger partial charge in [-0.25, -0.2) is 0 Å². The Morgan fingerprint density at radius 1 is 0.821 bits per heavy atom. The van der Waals surface area contributed by atoms with Crippen molar-refractivity contribution >= 4 is 23.2 Å². The van der Waals surface area contributed by atoms with Gasteiger partial charge in [-0.15, -0.1) is 0 Å². The van der Waals surface area contributed by atoms with Crippen molar-refractivity contribution < 1.29 is 14.3 Å². The molecular formula is C22H21N3O3.